The Labute approximate surface area is 74.8 Å². The van der Waals surface area contributed by atoms with E-state index in [-0.39, 0.29) is 0 Å². The topological polar surface area (TPSA) is 0 Å². The van der Waals surface area contributed by atoms with E-state index in [9.17, 15) is 43.9 Å². The second kappa shape index (κ2) is 2.34. The zero-order valence-corrected chi connectivity index (χ0v) is 6.28. The molecule has 0 nitrogen and oxygen atoms in total. The van der Waals surface area contributed by atoms with Crippen molar-refractivity contribution in [3.05, 3.63) is 0 Å². The van der Waals surface area contributed by atoms with Crippen molar-refractivity contribution in [2.75, 3.05) is 0 Å². The fourth-order valence-electron chi connectivity index (χ4n) is 0.986. The molecule has 0 atom stereocenters. The molecule has 0 spiro atoms. The first-order valence-electron chi connectivity index (χ1n) is 3.14. The van der Waals surface area contributed by atoms with E-state index in [1.807, 2.05) is 0 Å². The van der Waals surface area contributed by atoms with E-state index in [0.29, 0.717) is 0 Å². The Hall–Kier alpha value is -0.700. The normalized spacial score (nSPS) is 34.0. The van der Waals surface area contributed by atoms with Crippen molar-refractivity contribution in [1.82, 2.24) is 0 Å². The van der Waals surface area contributed by atoms with Gasteiger partial charge in [0.25, 0.3) is 0 Å². The molecule has 1 fully saturated rings. The second-order valence-electron chi connectivity index (χ2n) is 2.87. The molecule has 15 heavy (non-hydrogen) atoms. The fraction of sp³-hybridized carbons (Fsp3) is 1.00. The lowest BCUT2D eigenvalue weighted by Crippen LogP contribution is -2.51. The first-order chi connectivity index (χ1) is 6.25. The van der Waals surface area contributed by atoms with Crippen LogP contribution in [0.1, 0.15) is 0 Å². The maximum absolute atomic E-state index is 12.0. The van der Waals surface area contributed by atoms with Crippen molar-refractivity contribution in [3.8, 4) is 0 Å². The van der Waals surface area contributed by atoms with E-state index >= 15 is 0 Å². The van der Waals surface area contributed by atoms with Gasteiger partial charge in [-0.25, -0.2) is 0 Å². The summed E-state index contributed by atoms with van der Waals surface area (Å²) in [4.78, 5) is 0. The van der Waals surface area contributed by atoms with E-state index < -0.39 is 29.6 Å². The molecule has 0 aromatic heterocycles. The number of hydrogen-bond acceptors (Lipinski definition) is 0. The maximum atomic E-state index is 12.0. The molecule has 1 aliphatic rings. The van der Waals surface area contributed by atoms with Crippen LogP contribution in [0.3, 0.4) is 0 Å². The van der Waals surface area contributed by atoms with Crippen molar-refractivity contribution in [3.63, 3.8) is 0 Å². The Morgan fingerprint density at radius 1 is 0.267 bits per heavy atom. The highest BCUT2D eigenvalue weighted by atomic mass is 19.4. The van der Waals surface area contributed by atoms with Crippen molar-refractivity contribution in [2.45, 2.75) is 29.6 Å². The molecular formula is C5F10. The molecule has 10 heteroatoms. The summed E-state index contributed by atoms with van der Waals surface area (Å²) in [5.74, 6) is -34.1. The summed E-state index contributed by atoms with van der Waals surface area (Å²) < 4.78 is 120. The van der Waals surface area contributed by atoms with Gasteiger partial charge in [0.1, 0.15) is 0 Å². The highest BCUT2D eigenvalue weighted by Gasteiger charge is 3.02. The molecule has 0 aliphatic heterocycles. The SMILES string of the molecule is FC1(F)C(F)(F)C(F)(F)C(F)(F)C1(F)F. The summed E-state index contributed by atoms with van der Waals surface area (Å²) in [6.45, 7) is 0. The van der Waals surface area contributed by atoms with Gasteiger partial charge in [-0.05, 0) is 0 Å². The van der Waals surface area contributed by atoms with Gasteiger partial charge in [0.05, 0.1) is 0 Å². The van der Waals surface area contributed by atoms with E-state index in [0.717, 1.165) is 0 Å². The summed E-state index contributed by atoms with van der Waals surface area (Å²) >= 11 is 0. The molecule has 0 N–H and O–H groups in total. The number of alkyl halides is 10. The van der Waals surface area contributed by atoms with E-state index in [1.165, 1.54) is 0 Å². The molecule has 90 valence electrons. The van der Waals surface area contributed by atoms with Crippen LogP contribution in [0.15, 0.2) is 0 Å². The minimum Gasteiger partial charge on any atom is -0.192 e. The predicted molar refractivity (Wildman–Crippen MR) is 24.7 cm³/mol. The highest BCUT2D eigenvalue weighted by molar-refractivity contribution is 5.22. The molecule has 0 aromatic carbocycles. The third kappa shape index (κ3) is 0.865. The number of hydrogen-bond donors (Lipinski definition) is 0. The molecule has 0 heterocycles. The molecule has 0 amide bonds. The Morgan fingerprint density at radius 3 is 0.400 bits per heavy atom. The minimum atomic E-state index is -6.81. The van der Waals surface area contributed by atoms with Crippen LogP contribution in [0.2, 0.25) is 0 Å². The first kappa shape index (κ1) is 12.4. The zero-order valence-electron chi connectivity index (χ0n) is 6.28. The Bertz CT molecular complexity index is 199. The van der Waals surface area contributed by atoms with Crippen molar-refractivity contribution < 1.29 is 43.9 Å². The van der Waals surface area contributed by atoms with E-state index in [2.05, 4.69) is 0 Å². The van der Waals surface area contributed by atoms with Crippen molar-refractivity contribution in [2.24, 2.45) is 0 Å². The molecule has 1 aliphatic carbocycles. The third-order valence-corrected chi connectivity index (χ3v) is 1.97. The predicted octanol–water partition coefficient (Wildman–Crippen LogP) is 3.18. The molecule has 0 saturated heterocycles. The van der Waals surface area contributed by atoms with Crippen LogP contribution in [0.4, 0.5) is 43.9 Å². The van der Waals surface area contributed by atoms with Crippen LogP contribution in [0.5, 0.6) is 0 Å². The average Bonchev–Trinajstić information content (AvgIpc) is 2.04. The Morgan fingerprint density at radius 2 is 0.333 bits per heavy atom. The van der Waals surface area contributed by atoms with Crippen LogP contribution in [0.25, 0.3) is 0 Å². The summed E-state index contributed by atoms with van der Waals surface area (Å²) in [5, 5.41) is 0. The van der Waals surface area contributed by atoms with Gasteiger partial charge in [0, 0.05) is 0 Å². The second-order valence-corrected chi connectivity index (χ2v) is 2.87. The van der Waals surface area contributed by atoms with E-state index in [4.69, 9.17) is 0 Å². The van der Waals surface area contributed by atoms with Crippen LogP contribution < -0.4 is 0 Å². The van der Waals surface area contributed by atoms with Gasteiger partial charge in [0.2, 0.25) is 0 Å². The zero-order chi connectivity index (χ0) is 12.5. The summed E-state index contributed by atoms with van der Waals surface area (Å²) in [7, 11) is 0. The fourth-order valence-corrected chi connectivity index (χ4v) is 0.986. The van der Waals surface area contributed by atoms with Crippen LogP contribution in [-0.4, -0.2) is 29.6 Å². The standard InChI is InChI=1S/C5F10/c6-1(7)2(8,9)4(12,13)5(14,15)3(1,10)11. The van der Waals surface area contributed by atoms with Crippen LogP contribution >= 0.6 is 0 Å². The van der Waals surface area contributed by atoms with E-state index in [1.54, 1.807) is 0 Å². The third-order valence-electron chi connectivity index (χ3n) is 1.97. The monoisotopic (exact) mass is 250 g/mol. The minimum absolute atomic E-state index is 6.81. The van der Waals surface area contributed by atoms with Gasteiger partial charge in [-0.3, -0.25) is 0 Å². The summed E-state index contributed by atoms with van der Waals surface area (Å²) in [5.41, 5.74) is 0. The van der Waals surface area contributed by atoms with Gasteiger partial charge in [-0.2, -0.15) is 43.9 Å². The van der Waals surface area contributed by atoms with Gasteiger partial charge in [-0.15, -0.1) is 0 Å². The van der Waals surface area contributed by atoms with Crippen LogP contribution in [-0.2, 0) is 0 Å². The Kier molecular flexibility index (Phi) is 1.93. The van der Waals surface area contributed by atoms with Gasteiger partial charge < -0.3 is 0 Å². The van der Waals surface area contributed by atoms with Gasteiger partial charge in [-0.1, -0.05) is 0 Å². The Balaban J connectivity index is 3.55. The molecule has 1 saturated carbocycles. The quantitative estimate of drug-likeness (QED) is 0.579. The average molecular weight is 250 g/mol. The summed E-state index contributed by atoms with van der Waals surface area (Å²) in [6, 6.07) is 0. The lowest BCUT2D eigenvalue weighted by atomic mass is 10.2. The lowest BCUT2D eigenvalue weighted by molar-refractivity contribution is -0.303. The van der Waals surface area contributed by atoms with Crippen molar-refractivity contribution in [1.29, 1.82) is 0 Å². The van der Waals surface area contributed by atoms with Gasteiger partial charge in [0.15, 0.2) is 0 Å². The molecule has 1 rings (SSSR count). The molecule has 0 aromatic rings. The number of rotatable bonds is 0. The van der Waals surface area contributed by atoms with Gasteiger partial charge >= 0.3 is 29.6 Å². The highest BCUT2D eigenvalue weighted by Crippen LogP contribution is 2.69. The largest absolute Gasteiger partial charge is 0.385 e. The summed E-state index contributed by atoms with van der Waals surface area (Å²) in [6.07, 6.45) is 0. The lowest BCUT2D eigenvalue weighted by Gasteiger charge is -2.22. The molecule has 0 unspecified atom stereocenters. The molecular weight excluding hydrogens is 250 g/mol. The molecule has 0 bridgehead atoms. The smallest absolute Gasteiger partial charge is 0.192 e. The maximum Gasteiger partial charge on any atom is 0.385 e. The van der Waals surface area contributed by atoms with Crippen LogP contribution in [0, 0.1) is 0 Å². The molecule has 0 radical (unpaired) electrons. The first-order valence-corrected chi connectivity index (χ1v) is 3.14. The van der Waals surface area contributed by atoms with Crippen molar-refractivity contribution >= 4 is 0 Å². The number of halogens is 10.